The number of hydrogen-bond donors (Lipinski definition) is 3. The average molecular weight is 488 g/mol. The molecule has 0 aliphatic carbocycles. The zero-order valence-corrected chi connectivity index (χ0v) is 18.6. The summed E-state index contributed by atoms with van der Waals surface area (Å²) in [6.07, 6.45) is 1.66. The number of carbonyl (C=O) groups is 2. The van der Waals surface area contributed by atoms with Crippen molar-refractivity contribution >= 4 is 79.1 Å². The minimum Gasteiger partial charge on any atom is -0.477 e. The summed E-state index contributed by atoms with van der Waals surface area (Å²) in [4.78, 5) is 37.6. The monoisotopic (exact) mass is 487 g/mol. The van der Waals surface area contributed by atoms with Crippen molar-refractivity contribution in [1.29, 1.82) is 0 Å². The summed E-state index contributed by atoms with van der Waals surface area (Å²) in [7, 11) is 0. The van der Waals surface area contributed by atoms with Crippen LogP contribution in [0.3, 0.4) is 0 Å². The number of allylic oxidation sites excluding steroid dienone is 1. The number of fused-ring (bicyclic) bond motifs is 2. The lowest BCUT2D eigenvalue weighted by molar-refractivity contribution is -0.147. The largest absolute Gasteiger partial charge is 0.477 e. The number of rotatable bonds is 5. The molecule has 2 aromatic heterocycles. The van der Waals surface area contributed by atoms with Crippen molar-refractivity contribution in [3.8, 4) is 0 Å². The Kier molecular flexibility index (Phi) is 5.81. The summed E-state index contributed by atoms with van der Waals surface area (Å²) < 4.78 is 2.09. The van der Waals surface area contributed by atoms with Crippen molar-refractivity contribution in [2.45, 2.75) is 22.2 Å². The molecule has 2 aliphatic heterocycles. The number of thiophene rings is 1. The number of carboxylic acids is 1. The number of nitrogens with two attached hydrogens (primary N) is 2. The van der Waals surface area contributed by atoms with Crippen LogP contribution in [-0.2, 0) is 16.1 Å². The number of β-lactam (4-membered cyclic amide) rings is 1. The van der Waals surface area contributed by atoms with Crippen LogP contribution in [-0.4, -0.2) is 39.1 Å². The van der Waals surface area contributed by atoms with Crippen LogP contribution in [0.5, 0.6) is 0 Å². The fraction of sp³-hybridized carbons (Fsp3) is 0.235. The quantitative estimate of drug-likeness (QED) is 0.434. The molecule has 0 saturated carbocycles. The minimum absolute atomic E-state index is 0.0370. The highest BCUT2D eigenvalue weighted by atomic mass is 35.5. The van der Waals surface area contributed by atoms with E-state index in [1.807, 2.05) is 0 Å². The van der Waals surface area contributed by atoms with E-state index in [4.69, 9.17) is 23.1 Å². The molecule has 1 saturated heterocycles. The Morgan fingerprint density at radius 3 is 2.86 bits per heavy atom. The molecule has 152 valence electrons. The fourth-order valence-electron chi connectivity index (χ4n) is 3.10. The van der Waals surface area contributed by atoms with E-state index in [1.165, 1.54) is 51.1 Å². The number of aliphatic carboxylic acids is 1. The second-order valence-corrected chi connectivity index (χ2v) is 11.4. The first kappa shape index (κ1) is 20.9. The molecule has 4 rings (SSSR count). The van der Waals surface area contributed by atoms with Crippen LogP contribution in [0, 0.1) is 0 Å². The van der Waals surface area contributed by atoms with Crippen molar-refractivity contribution < 1.29 is 14.7 Å². The zero-order valence-electron chi connectivity index (χ0n) is 14.6. The lowest BCUT2D eigenvalue weighted by atomic mass is 10.0. The number of hydrogen-bond acceptors (Lipinski definition) is 9. The predicted octanol–water partition coefficient (Wildman–Crippen LogP) is 2.62. The second kappa shape index (κ2) is 8.06. The van der Waals surface area contributed by atoms with Crippen molar-refractivity contribution in [2.24, 2.45) is 11.5 Å². The van der Waals surface area contributed by atoms with E-state index >= 15 is 0 Å². The molecular formula is C17H14ClN3O4S4. The summed E-state index contributed by atoms with van der Waals surface area (Å²) in [6, 6.07) is 0.987. The Labute approximate surface area is 186 Å². The number of carbonyl (C=O) groups excluding carboxylic acids is 1. The summed E-state index contributed by atoms with van der Waals surface area (Å²) in [6.45, 7) is 0.0929. The van der Waals surface area contributed by atoms with Gasteiger partial charge in [-0.3, -0.25) is 14.5 Å². The first-order valence-electron chi connectivity index (χ1n) is 8.28. The molecule has 12 heteroatoms. The molecule has 0 aromatic carbocycles. The van der Waals surface area contributed by atoms with Gasteiger partial charge in [0.1, 0.15) is 17.1 Å². The first-order chi connectivity index (χ1) is 13.8. The highest BCUT2D eigenvalue weighted by Gasteiger charge is 2.51. The second-order valence-electron chi connectivity index (χ2n) is 6.19. The van der Waals surface area contributed by atoms with Gasteiger partial charge >= 0.3 is 5.97 Å². The number of nitrogens with zero attached hydrogens (tertiary/aromatic N) is 1. The van der Waals surface area contributed by atoms with Gasteiger partial charge in [-0.05, 0) is 23.1 Å². The Morgan fingerprint density at radius 2 is 2.17 bits per heavy atom. The highest BCUT2D eigenvalue weighted by molar-refractivity contribution is 8.04. The van der Waals surface area contributed by atoms with Crippen LogP contribution < -0.4 is 16.9 Å². The zero-order chi connectivity index (χ0) is 20.9. The number of amides is 1. The van der Waals surface area contributed by atoms with Crippen LogP contribution in [0.25, 0.3) is 9.40 Å². The molecule has 29 heavy (non-hydrogen) atoms. The maximum atomic E-state index is 12.6. The summed E-state index contributed by atoms with van der Waals surface area (Å²) >= 11 is 11.5. The van der Waals surface area contributed by atoms with Gasteiger partial charge in [0.15, 0.2) is 5.43 Å². The smallest absolute Gasteiger partial charge is 0.352 e. The number of carboxylic acid groups (broad SMARTS) is 1. The molecule has 0 spiro atoms. The molecule has 2 aliphatic rings. The van der Waals surface area contributed by atoms with Gasteiger partial charge in [0.25, 0.3) is 0 Å². The molecule has 7 nitrogen and oxygen atoms in total. The lowest BCUT2D eigenvalue weighted by Crippen LogP contribution is -2.68. The third-order valence-electron chi connectivity index (χ3n) is 4.51. The normalized spacial score (nSPS) is 21.8. The molecule has 2 unspecified atom stereocenters. The van der Waals surface area contributed by atoms with Gasteiger partial charge in [-0.1, -0.05) is 23.4 Å². The third kappa shape index (κ3) is 3.54. The molecular weight excluding hydrogens is 474 g/mol. The van der Waals surface area contributed by atoms with Crippen molar-refractivity contribution in [1.82, 2.24) is 4.90 Å². The summed E-state index contributed by atoms with van der Waals surface area (Å²) in [5.41, 5.74) is 12.4. The SMILES string of the molecule is NCc1c(S/C=C/C2=C(C(=O)O)N3C(=O)C(N)C3SC2)sc2sc(Cl)cc2c1=O. The van der Waals surface area contributed by atoms with E-state index in [9.17, 15) is 19.5 Å². The van der Waals surface area contributed by atoms with E-state index in [0.29, 0.717) is 26.6 Å². The minimum atomic E-state index is -1.16. The molecule has 4 heterocycles. The standard InChI is InChI=1S/C17H14ClN3O4S4/c18-9-3-7-12(22)8(4-19)16(29-17(7)28-9)26-2-1-6-5-27-14-10(20)13(23)21(14)11(6)15(24)25/h1-3,10,14H,4-5,19-20H2,(H,24,25)/b2-1+. The number of halogens is 1. The highest BCUT2D eigenvalue weighted by Crippen LogP contribution is 2.41. The predicted molar refractivity (Wildman–Crippen MR) is 120 cm³/mol. The van der Waals surface area contributed by atoms with Gasteiger partial charge in [0, 0.05) is 17.9 Å². The Bertz CT molecular complexity index is 1160. The molecule has 1 fully saturated rings. The maximum absolute atomic E-state index is 12.6. The molecule has 1 amide bonds. The van der Waals surface area contributed by atoms with Crippen LogP contribution >= 0.6 is 57.8 Å². The van der Waals surface area contributed by atoms with E-state index in [1.54, 1.807) is 17.6 Å². The van der Waals surface area contributed by atoms with Gasteiger partial charge < -0.3 is 16.6 Å². The van der Waals surface area contributed by atoms with E-state index < -0.39 is 12.0 Å². The van der Waals surface area contributed by atoms with Crippen LogP contribution in [0.2, 0.25) is 4.34 Å². The molecule has 0 bridgehead atoms. The molecule has 5 N–H and O–H groups in total. The fourth-order valence-corrected chi connectivity index (χ4v) is 8.31. The summed E-state index contributed by atoms with van der Waals surface area (Å²) in [5, 5.41) is 11.5. The van der Waals surface area contributed by atoms with Gasteiger partial charge in [0.05, 0.1) is 17.9 Å². The van der Waals surface area contributed by atoms with Crippen molar-refractivity contribution in [2.75, 3.05) is 5.75 Å². The Morgan fingerprint density at radius 1 is 1.41 bits per heavy atom. The van der Waals surface area contributed by atoms with Gasteiger partial charge in [0.2, 0.25) is 5.91 Å². The summed E-state index contributed by atoms with van der Waals surface area (Å²) in [5.74, 6) is -1.12. The van der Waals surface area contributed by atoms with E-state index in [-0.39, 0.29) is 29.0 Å². The average Bonchev–Trinajstić information content (AvgIpc) is 3.07. The molecule has 0 radical (unpaired) electrons. The Hall–Kier alpha value is -1.34. The van der Waals surface area contributed by atoms with Crippen LogP contribution in [0.1, 0.15) is 5.56 Å². The van der Waals surface area contributed by atoms with Gasteiger partial charge in [-0.15, -0.1) is 34.4 Å². The molecule has 2 aromatic rings. The first-order valence-corrected chi connectivity index (χ1v) is 12.2. The maximum Gasteiger partial charge on any atom is 0.352 e. The Balaban J connectivity index is 1.65. The van der Waals surface area contributed by atoms with Crippen LogP contribution in [0.4, 0.5) is 0 Å². The van der Waals surface area contributed by atoms with Crippen molar-refractivity contribution in [3.63, 3.8) is 0 Å². The van der Waals surface area contributed by atoms with E-state index in [2.05, 4.69) is 0 Å². The van der Waals surface area contributed by atoms with Gasteiger partial charge in [-0.25, -0.2) is 4.79 Å². The lowest BCUT2D eigenvalue weighted by Gasteiger charge is -2.47. The van der Waals surface area contributed by atoms with Gasteiger partial charge in [-0.2, -0.15) is 0 Å². The third-order valence-corrected chi connectivity index (χ3v) is 9.50. The van der Waals surface area contributed by atoms with E-state index in [0.717, 1.165) is 8.22 Å². The van der Waals surface area contributed by atoms with Crippen molar-refractivity contribution in [3.05, 3.63) is 48.9 Å². The van der Waals surface area contributed by atoms with Crippen LogP contribution in [0.15, 0.2) is 37.8 Å². The molecule has 2 atom stereocenters. The topological polar surface area (TPSA) is 127 Å². The number of thioether (sulfide) groups is 2.